The van der Waals surface area contributed by atoms with Gasteiger partial charge in [0.2, 0.25) is 0 Å². The molecule has 0 aliphatic carbocycles. The van der Waals surface area contributed by atoms with Crippen LogP contribution in [-0.4, -0.2) is 35.5 Å². The van der Waals surface area contributed by atoms with E-state index in [1.807, 2.05) is 36.4 Å². The van der Waals surface area contributed by atoms with Gasteiger partial charge in [-0.05, 0) is 41.2 Å². The highest BCUT2D eigenvalue weighted by Gasteiger charge is 2.30. The highest BCUT2D eigenvalue weighted by Crippen LogP contribution is 2.30. The van der Waals surface area contributed by atoms with E-state index in [9.17, 15) is 9.59 Å². The summed E-state index contributed by atoms with van der Waals surface area (Å²) in [6.07, 6.45) is 1.60. The lowest BCUT2D eigenvalue weighted by Gasteiger charge is -2.25. The number of rotatable bonds is 4. The smallest absolute Gasteiger partial charge is 0.265 e. The van der Waals surface area contributed by atoms with Crippen LogP contribution in [0, 0.1) is 5.92 Å². The predicted octanol–water partition coefficient (Wildman–Crippen LogP) is 3.13. The molecule has 26 heavy (non-hydrogen) atoms. The van der Waals surface area contributed by atoms with Gasteiger partial charge >= 0.3 is 0 Å². The number of nitrogens with one attached hydrogen (secondary N) is 1. The minimum absolute atomic E-state index is 0.0575. The van der Waals surface area contributed by atoms with Crippen LogP contribution < -0.4 is 10.1 Å². The van der Waals surface area contributed by atoms with Crippen LogP contribution in [0.2, 0.25) is 0 Å². The molecule has 2 aromatic rings. The van der Waals surface area contributed by atoms with Crippen molar-refractivity contribution in [3.8, 4) is 5.75 Å². The molecule has 0 saturated carbocycles. The van der Waals surface area contributed by atoms with Crippen molar-refractivity contribution in [2.75, 3.05) is 13.7 Å². The maximum Gasteiger partial charge on any atom is 0.265 e. The highest BCUT2D eigenvalue weighted by molar-refractivity contribution is 7.80. The number of carbonyl (C=O) groups excluding carboxylic acids is 2. The first-order valence-corrected chi connectivity index (χ1v) is 8.79. The summed E-state index contributed by atoms with van der Waals surface area (Å²) in [7, 11) is 1.54. The number of hydrogen-bond donors (Lipinski definition) is 1. The molecule has 5 nitrogen and oxygen atoms in total. The summed E-state index contributed by atoms with van der Waals surface area (Å²) in [6.45, 7) is 4.80. The first-order chi connectivity index (χ1) is 12.4. The summed E-state index contributed by atoms with van der Waals surface area (Å²) in [5.74, 6) is 0.304. The zero-order valence-electron chi connectivity index (χ0n) is 14.9. The monoisotopic (exact) mass is 368 g/mol. The average molecular weight is 368 g/mol. The number of amides is 2. The molecule has 3 rings (SSSR count). The van der Waals surface area contributed by atoms with Gasteiger partial charge in [0, 0.05) is 12.4 Å². The van der Waals surface area contributed by atoms with Gasteiger partial charge in [-0.15, -0.1) is 0 Å². The molecule has 1 fully saturated rings. The van der Waals surface area contributed by atoms with E-state index in [1.165, 1.54) is 4.90 Å². The largest absolute Gasteiger partial charge is 0.493 e. The third-order valence-corrected chi connectivity index (χ3v) is 4.47. The third kappa shape index (κ3) is 3.46. The third-order valence-electron chi connectivity index (χ3n) is 4.09. The number of likely N-dealkylation sites (N-methyl/N-ethyl adjacent to an activating group) is 1. The molecule has 1 aliphatic rings. The van der Waals surface area contributed by atoms with Gasteiger partial charge in [-0.25, -0.2) is 0 Å². The van der Waals surface area contributed by atoms with Crippen molar-refractivity contribution < 1.29 is 14.3 Å². The number of benzene rings is 2. The molecule has 1 aliphatic heterocycles. The Hall–Kier alpha value is -2.73. The van der Waals surface area contributed by atoms with Crippen LogP contribution in [-0.2, 0) is 9.59 Å². The fourth-order valence-corrected chi connectivity index (χ4v) is 2.88. The fraction of sp³-hybridized carbons (Fsp3) is 0.250. The Bertz CT molecular complexity index is 934. The van der Waals surface area contributed by atoms with Crippen molar-refractivity contribution in [2.24, 2.45) is 5.92 Å². The summed E-state index contributed by atoms with van der Waals surface area (Å²) < 4.78 is 5.91. The maximum absolute atomic E-state index is 12.4. The summed E-state index contributed by atoms with van der Waals surface area (Å²) in [4.78, 5) is 25.9. The summed E-state index contributed by atoms with van der Waals surface area (Å²) in [5.41, 5.74) is 0.833. The molecule has 0 aromatic heterocycles. The lowest BCUT2D eigenvalue weighted by molar-refractivity contribution is -0.128. The Kier molecular flexibility index (Phi) is 5.04. The molecule has 6 heteroatoms. The lowest BCUT2D eigenvalue weighted by Crippen LogP contribution is -2.52. The maximum atomic E-state index is 12.4. The summed E-state index contributed by atoms with van der Waals surface area (Å²) in [6, 6.07) is 11.5. The van der Waals surface area contributed by atoms with Gasteiger partial charge in [-0.3, -0.25) is 19.8 Å². The molecule has 1 heterocycles. The fourth-order valence-electron chi connectivity index (χ4n) is 2.70. The summed E-state index contributed by atoms with van der Waals surface area (Å²) in [5, 5.41) is 4.49. The molecule has 2 amide bonds. The number of thiocarbonyl (C=S) groups is 1. The van der Waals surface area contributed by atoms with Crippen LogP contribution in [0.3, 0.4) is 0 Å². The van der Waals surface area contributed by atoms with Crippen LogP contribution in [0.15, 0.2) is 42.0 Å². The van der Waals surface area contributed by atoms with Crippen LogP contribution in [0.25, 0.3) is 16.8 Å². The Morgan fingerprint density at radius 2 is 1.85 bits per heavy atom. The normalized spacial score (nSPS) is 16.5. The molecular weight excluding hydrogens is 348 g/mol. The molecule has 1 saturated heterocycles. The van der Waals surface area contributed by atoms with Gasteiger partial charge in [0.05, 0.1) is 6.61 Å². The van der Waals surface area contributed by atoms with E-state index in [0.717, 1.165) is 22.1 Å². The second-order valence-corrected chi connectivity index (χ2v) is 6.97. The predicted molar refractivity (Wildman–Crippen MR) is 106 cm³/mol. The average Bonchev–Trinajstić information content (AvgIpc) is 2.62. The van der Waals surface area contributed by atoms with Crippen molar-refractivity contribution in [3.63, 3.8) is 0 Å². The topological polar surface area (TPSA) is 58.6 Å². The molecular formula is C20H20N2O3S. The molecule has 0 spiro atoms. The van der Waals surface area contributed by atoms with Gasteiger partial charge in [-0.1, -0.05) is 44.2 Å². The molecule has 1 N–H and O–H groups in total. The first kappa shape index (κ1) is 18.1. The van der Waals surface area contributed by atoms with E-state index in [1.54, 1.807) is 13.1 Å². The van der Waals surface area contributed by atoms with Crippen molar-refractivity contribution >= 4 is 46.0 Å². The van der Waals surface area contributed by atoms with E-state index < -0.39 is 11.8 Å². The zero-order valence-corrected chi connectivity index (χ0v) is 15.7. The second kappa shape index (κ2) is 7.25. The SMILES string of the molecule is CC(C)COc1ccc(/C=C2/C(=O)NC(=S)N(C)C2=O)c2ccccc12. The number of carbonyl (C=O) groups is 2. The number of ether oxygens (including phenoxy) is 1. The quantitative estimate of drug-likeness (QED) is 0.512. The van der Waals surface area contributed by atoms with Gasteiger partial charge in [-0.2, -0.15) is 0 Å². The lowest BCUT2D eigenvalue weighted by atomic mass is 10.0. The number of nitrogens with zero attached hydrogens (tertiary/aromatic N) is 1. The van der Waals surface area contributed by atoms with Crippen LogP contribution in [0.1, 0.15) is 19.4 Å². The van der Waals surface area contributed by atoms with Crippen molar-refractivity contribution in [2.45, 2.75) is 13.8 Å². The minimum atomic E-state index is -0.484. The van der Waals surface area contributed by atoms with Crippen LogP contribution in [0.4, 0.5) is 0 Å². The van der Waals surface area contributed by atoms with E-state index in [-0.39, 0.29) is 10.7 Å². The minimum Gasteiger partial charge on any atom is -0.493 e. The highest BCUT2D eigenvalue weighted by atomic mass is 32.1. The first-order valence-electron chi connectivity index (χ1n) is 8.38. The van der Waals surface area contributed by atoms with Gasteiger partial charge in [0.15, 0.2) is 5.11 Å². The Labute approximate surface area is 157 Å². The molecule has 0 unspecified atom stereocenters. The van der Waals surface area contributed by atoms with Gasteiger partial charge in [0.1, 0.15) is 11.3 Å². The van der Waals surface area contributed by atoms with Gasteiger partial charge in [0.25, 0.3) is 11.8 Å². The van der Waals surface area contributed by atoms with E-state index in [2.05, 4.69) is 19.2 Å². The zero-order chi connectivity index (χ0) is 18.8. The molecule has 0 atom stereocenters. The number of fused-ring (bicyclic) bond motifs is 1. The van der Waals surface area contributed by atoms with E-state index in [0.29, 0.717) is 12.5 Å². The second-order valence-electron chi connectivity index (χ2n) is 6.58. The Morgan fingerprint density at radius 3 is 2.54 bits per heavy atom. The molecule has 2 aromatic carbocycles. The van der Waals surface area contributed by atoms with Gasteiger partial charge < -0.3 is 4.74 Å². The van der Waals surface area contributed by atoms with E-state index >= 15 is 0 Å². The summed E-state index contributed by atoms with van der Waals surface area (Å²) >= 11 is 4.97. The molecule has 134 valence electrons. The Balaban J connectivity index is 2.06. The standard InChI is InChI=1S/C20H20N2O3S/c1-12(2)11-25-17-9-8-13(14-6-4-5-7-15(14)17)10-16-18(23)21-20(26)22(3)19(16)24/h4-10,12H,11H2,1-3H3,(H,21,23,26)/b16-10-. The Morgan fingerprint density at radius 1 is 1.15 bits per heavy atom. The number of hydrogen-bond acceptors (Lipinski definition) is 4. The van der Waals surface area contributed by atoms with Crippen molar-refractivity contribution in [1.82, 2.24) is 10.2 Å². The van der Waals surface area contributed by atoms with Crippen molar-refractivity contribution in [3.05, 3.63) is 47.5 Å². The van der Waals surface area contributed by atoms with E-state index in [4.69, 9.17) is 17.0 Å². The van der Waals surface area contributed by atoms with Crippen LogP contribution >= 0.6 is 12.2 Å². The molecule has 0 bridgehead atoms. The van der Waals surface area contributed by atoms with Crippen LogP contribution in [0.5, 0.6) is 5.75 Å². The van der Waals surface area contributed by atoms with Crippen molar-refractivity contribution in [1.29, 1.82) is 0 Å². The molecule has 0 radical (unpaired) electrons.